The fourth-order valence-electron chi connectivity index (χ4n) is 4.75. The Morgan fingerprint density at radius 1 is 1.17 bits per heavy atom. The monoisotopic (exact) mass is 433 g/mol. The van der Waals surface area contributed by atoms with E-state index in [-0.39, 0.29) is 10.3 Å². The number of hydrogen-bond donors (Lipinski definition) is 0. The summed E-state index contributed by atoms with van der Waals surface area (Å²) in [5, 5.41) is 0.736. The Hall–Kier alpha value is -2.26. The van der Waals surface area contributed by atoms with E-state index in [1.165, 1.54) is 11.9 Å². The van der Waals surface area contributed by atoms with E-state index < -0.39 is 12.6 Å². The second-order valence-corrected chi connectivity index (χ2v) is 9.57. The molecule has 2 fully saturated rings. The number of likely N-dealkylation sites (tertiary alicyclic amines) is 1. The Bertz CT molecular complexity index is 1050. The molecule has 1 unspecified atom stereocenters. The predicted octanol–water partition coefficient (Wildman–Crippen LogP) is 4.46. The van der Waals surface area contributed by atoms with Gasteiger partial charge in [-0.05, 0) is 37.1 Å². The zero-order valence-electron chi connectivity index (χ0n) is 16.6. The van der Waals surface area contributed by atoms with E-state index >= 15 is 0 Å². The molecule has 5 rings (SSSR count). The van der Waals surface area contributed by atoms with Crippen LogP contribution in [-0.4, -0.2) is 52.2 Å². The number of aromatic nitrogens is 3. The van der Waals surface area contributed by atoms with Crippen molar-refractivity contribution in [3.63, 3.8) is 0 Å². The molecule has 2 aliphatic rings. The van der Waals surface area contributed by atoms with Gasteiger partial charge in [-0.1, -0.05) is 0 Å². The van der Waals surface area contributed by atoms with Crippen LogP contribution in [0.3, 0.4) is 0 Å². The van der Waals surface area contributed by atoms with Gasteiger partial charge in [0.25, 0.3) is 0 Å². The van der Waals surface area contributed by atoms with Crippen LogP contribution in [0, 0.1) is 5.41 Å². The maximum atomic E-state index is 12.8. The van der Waals surface area contributed by atoms with Crippen LogP contribution in [0.15, 0.2) is 36.9 Å². The van der Waals surface area contributed by atoms with E-state index in [1.807, 2.05) is 12.4 Å². The first kappa shape index (κ1) is 19.7. The number of halogens is 3. The van der Waals surface area contributed by atoms with Gasteiger partial charge in [-0.2, -0.15) is 13.2 Å². The van der Waals surface area contributed by atoms with Crippen molar-refractivity contribution >= 4 is 27.4 Å². The van der Waals surface area contributed by atoms with E-state index in [0.717, 1.165) is 55.1 Å². The van der Waals surface area contributed by atoms with Crippen LogP contribution < -0.4 is 4.90 Å². The Kier molecular flexibility index (Phi) is 4.70. The Morgan fingerprint density at radius 3 is 2.67 bits per heavy atom. The van der Waals surface area contributed by atoms with E-state index in [9.17, 15) is 13.2 Å². The molecule has 2 aliphatic heterocycles. The summed E-state index contributed by atoms with van der Waals surface area (Å²) in [5.74, 6) is 0.766. The molecule has 0 amide bonds. The zero-order chi connectivity index (χ0) is 20.9. The maximum Gasteiger partial charge on any atom is 0.393 e. The van der Waals surface area contributed by atoms with E-state index in [1.54, 1.807) is 6.07 Å². The number of nitrogens with zero attached hydrogens (tertiary/aromatic N) is 5. The first-order valence-corrected chi connectivity index (χ1v) is 10.8. The summed E-state index contributed by atoms with van der Waals surface area (Å²) < 4.78 is 38.4. The van der Waals surface area contributed by atoms with Crippen LogP contribution in [0.5, 0.6) is 0 Å². The van der Waals surface area contributed by atoms with Gasteiger partial charge in [0, 0.05) is 54.9 Å². The van der Waals surface area contributed by atoms with Crippen LogP contribution in [0.4, 0.5) is 19.0 Å². The highest BCUT2D eigenvalue weighted by molar-refractivity contribution is 7.18. The summed E-state index contributed by atoms with van der Waals surface area (Å²) in [6.07, 6.45) is 1.05. The molecule has 9 heteroatoms. The normalized spacial score (nSPS) is 20.1. The van der Waals surface area contributed by atoms with Gasteiger partial charge in [-0.3, -0.25) is 9.88 Å². The lowest BCUT2D eigenvalue weighted by molar-refractivity contribution is -0.126. The molecule has 0 aliphatic carbocycles. The fraction of sp³-hybridized carbons (Fsp3) is 0.476. The summed E-state index contributed by atoms with van der Waals surface area (Å²) in [7, 11) is 0. The predicted molar refractivity (Wildman–Crippen MR) is 111 cm³/mol. The minimum absolute atomic E-state index is 0.226. The number of fused-ring (bicyclic) bond motifs is 1. The minimum Gasteiger partial charge on any atom is -0.355 e. The summed E-state index contributed by atoms with van der Waals surface area (Å²) in [5.41, 5.74) is 1.49. The molecular weight excluding hydrogens is 411 g/mol. The molecule has 1 atom stereocenters. The summed E-state index contributed by atoms with van der Waals surface area (Å²) >= 11 is 1.11. The van der Waals surface area contributed by atoms with Crippen molar-refractivity contribution in [3.05, 3.63) is 47.4 Å². The van der Waals surface area contributed by atoms with E-state index in [4.69, 9.17) is 0 Å². The maximum absolute atomic E-state index is 12.8. The summed E-state index contributed by atoms with van der Waals surface area (Å²) in [6.45, 7) is 6.00. The number of hydrogen-bond acceptors (Lipinski definition) is 6. The second-order valence-electron chi connectivity index (χ2n) is 8.45. The number of pyridine rings is 1. The standard InChI is InChI=1S/C21H22F3N5S/c1-14(15-2-5-25-6-3-15)29-11-20(12-29)4-7-28(10-20)18-17-8-16(9-21(22,23)24)30-19(17)27-13-26-18/h2-3,5-6,8,13-14H,4,7,9-12H2,1H3. The first-order valence-electron chi connectivity index (χ1n) is 10.0. The zero-order valence-corrected chi connectivity index (χ0v) is 17.4. The molecule has 0 N–H and O–H groups in total. The molecule has 1 spiro atoms. The molecule has 5 nitrogen and oxygen atoms in total. The van der Waals surface area contributed by atoms with Crippen molar-refractivity contribution in [1.29, 1.82) is 0 Å². The average molecular weight is 434 g/mol. The number of thiophene rings is 1. The molecule has 0 bridgehead atoms. The van der Waals surface area contributed by atoms with Gasteiger partial charge < -0.3 is 4.90 Å². The lowest BCUT2D eigenvalue weighted by Gasteiger charge is -2.51. The highest BCUT2D eigenvalue weighted by Gasteiger charge is 2.49. The Morgan fingerprint density at radius 2 is 1.93 bits per heavy atom. The van der Waals surface area contributed by atoms with Crippen molar-refractivity contribution in [2.45, 2.75) is 32.0 Å². The van der Waals surface area contributed by atoms with Crippen molar-refractivity contribution in [3.8, 4) is 0 Å². The van der Waals surface area contributed by atoms with Gasteiger partial charge in [-0.25, -0.2) is 9.97 Å². The number of alkyl halides is 3. The van der Waals surface area contributed by atoms with Crippen LogP contribution in [0.2, 0.25) is 0 Å². The molecule has 5 heterocycles. The minimum atomic E-state index is -4.22. The van der Waals surface area contributed by atoms with Crippen LogP contribution in [0.25, 0.3) is 10.2 Å². The second kappa shape index (κ2) is 7.16. The SMILES string of the molecule is CC(c1ccncc1)N1CC2(CCN(c3ncnc4sc(CC(F)(F)F)cc34)C2)C1. The summed E-state index contributed by atoms with van der Waals surface area (Å²) in [6, 6.07) is 6.08. The van der Waals surface area contributed by atoms with Crippen LogP contribution in [-0.2, 0) is 6.42 Å². The molecule has 0 saturated carbocycles. The molecule has 0 radical (unpaired) electrons. The third-order valence-electron chi connectivity index (χ3n) is 6.29. The first-order chi connectivity index (χ1) is 14.3. The third-order valence-corrected chi connectivity index (χ3v) is 7.33. The molecule has 158 valence electrons. The summed E-state index contributed by atoms with van der Waals surface area (Å²) in [4.78, 5) is 18.4. The Balaban J connectivity index is 1.30. The number of rotatable bonds is 4. The van der Waals surface area contributed by atoms with Crippen LogP contribution >= 0.6 is 11.3 Å². The van der Waals surface area contributed by atoms with E-state index in [0.29, 0.717) is 10.9 Å². The lowest BCUT2D eigenvalue weighted by Crippen LogP contribution is -2.58. The van der Waals surface area contributed by atoms with Crippen molar-refractivity contribution in [2.75, 3.05) is 31.1 Å². The Labute approximate surface area is 176 Å². The van der Waals surface area contributed by atoms with Gasteiger partial charge in [0.05, 0.1) is 11.8 Å². The quantitative estimate of drug-likeness (QED) is 0.608. The fourth-order valence-corrected chi connectivity index (χ4v) is 5.77. The largest absolute Gasteiger partial charge is 0.393 e. The smallest absolute Gasteiger partial charge is 0.355 e. The molecule has 3 aromatic rings. The van der Waals surface area contributed by atoms with E-state index in [2.05, 4.69) is 43.8 Å². The molecule has 2 saturated heterocycles. The van der Waals surface area contributed by atoms with Crippen molar-refractivity contribution < 1.29 is 13.2 Å². The van der Waals surface area contributed by atoms with Gasteiger partial charge in [0.15, 0.2) is 0 Å². The highest BCUT2D eigenvalue weighted by atomic mass is 32.1. The molecule has 30 heavy (non-hydrogen) atoms. The van der Waals surface area contributed by atoms with Gasteiger partial charge >= 0.3 is 6.18 Å². The van der Waals surface area contributed by atoms with Crippen molar-refractivity contribution in [1.82, 2.24) is 19.9 Å². The molecule has 3 aromatic heterocycles. The highest BCUT2D eigenvalue weighted by Crippen LogP contribution is 2.45. The topological polar surface area (TPSA) is 45.2 Å². The number of anilines is 1. The molecular formula is C21H22F3N5S. The van der Waals surface area contributed by atoms with Crippen LogP contribution in [0.1, 0.15) is 29.8 Å². The average Bonchev–Trinajstić information content (AvgIpc) is 3.29. The third kappa shape index (κ3) is 3.65. The van der Waals surface area contributed by atoms with Gasteiger partial charge in [-0.15, -0.1) is 11.3 Å². The molecule has 0 aromatic carbocycles. The van der Waals surface area contributed by atoms with Gasteiger partial charge in [0.2, 0.25) is 0 Å². The van der Waals surface area contributed by atoms with Gasteiger partial charge in [0.1, 0.15) is 17.0 Å². The van der Waals surface area contributed by atoms with Crippen molar-refractivity contribution in [2.24, 2.45) is 5.41 Å². The lowest BCUT2D eigenvalue weighted by atomic mass is 9.77.